The molecule has 2 aliphatic carbocycles. The predicted octanol–water partition coefficient (Wildman–Crippen LogP) is 4.21. The van der Waals surface area contributed by atoms with Gasteiger partial charge in [-0.2, -0.15) is 0 Å². The summed E-state index contributed by atoms with van der Waals surface area (Å²) >= 11 is 6.26. The number of nitrogens with one attached hydrogen (secondary N) is 1. The van der Waals surface area contributed by atoms with Crippen LogP contribution >= 0.6 is 11.6 Å². The summed E-state index contributed by atoms with van der Waals surface area (Å²) in [6.07, 6.45) is 6.66. The standard InChI is InChI=1S/C18H26ClNO/c1-3-21-17-12-16(18(17)9-6-10-18)20-13(2)11-14-7-4-5-8-15(14)19/h4-5,7-8,13,16-17,20H,3,6,9-12H2,1-2H3. The Bertz CT molecular complexity index is 486. The normalized spacial score (nSPS) is 28.0. The number of rotatable bonds is 6. The van der Waals surface area contributed by atoms with Crippen LogP contribution in [0.1, 0.15) is 45.1 Å². The lowest BCUT2D eigenvalue weighted by Crippen LogP contribution is -2.68. The van der Waals surface area contributed by atoms with Crippen molar-refractivity contribution >= 4 is 11.6 Å². The molecule has 21 heavy (non-hydrogen) atoms. The minimum Gasteiger partial charge on any atom is -0.378 e. The molecule has 0 bridgehead atoms. The first-order chi connectivity index (χ1) is 10.2. The first kappa shape index (κ1) is 15.3. The summed E-state index contributed by atoms with van der Waals surface area (Å²) in [6.45, 7) is 5.21. The van der Waals surface area contributed by atoms with E-state index in [1.165, 1.54) is 31.2 Å². The van der Waals surface area contributed by atoms with Gasteiger partial charge in [-0.1, -0.05) is 36.2 Å². The van der Waals surface area contributed by atoms with Crippen LogP contribution in [0.3, 0.4) is 0 Å². The fraction of sp³-hybridized carbons (Fsp3) is 0.667. The van der Waals surface area contributed by atoms with Crippen molar-refractivity contribution in [3.63, 3.8) is 0 Å². The molecule has 1 N–H and O–H groups in total. The molecule has 1 aromatic rings. The Morgan fingerprint density at radius 1 is 1.38 bits per heavy atom. The van der Waals surface area contributed by atoms with Crippen LogP contribution in [0.2, 0.25) is 5.02 Å². The van der Waals surface area contributed by atoms with Crippen molar-refractivity contribution < 1.29 is 4.74 Å². The maximum atomic E-state index is 6.26. The van der Waals surface area contributed by atoms with Gasteiger partial charge in [0, 0.05) is 29.1 Å². The summed E-state index contributed by atoms with van der Waals surface area (Å²) in [5, 5.41) is 4.71. The SMILES string of the molecule is CCOC1CC(NC(C)Cc2ccccc2Cl)C12CCC2. The highest BCUT2D eigenvalue weighted by Gasteiger charge is 2.58. The molecule has 0 heterocycles. The number of halogens is 1. The van der Waals surface area contributed by atoms with Gasteiger partial charge in [0.2, 0.25) is 0 Å². The van der Waals surface area contributed by atoms with Gasteiger partial charge >= 0.3 is 0 Å². The molecule has 3 heteroatoms. The fourth-order valence-corrected chi connectivity index (χ4v) is 4.28. The molecule has 3 rings (SSSR count). The number of benzene rings is 1. The largest absolute Gasteiger partial charge is 0.378 e. The van der Waals surface area contributed by atoms with Crippen LogP contribution in [-0.4, -0.2) is 24.8 Å². The second kappa shape index (κ2) is 6.28. The third kappa shape index (κ3) is 2.86. The van der Waals surface area contributed by atoms with Crippen molar-refractivity contribution in [1.82, 2.24) is 5.32 Å². The van der Waals surface area contributed by atoms with E-state index in [1.807, 2.05) is 12.1 Å². The van der Waals surface area contributed by atoms with Gasteiger partial charge in [0.25, 0.3) is 0 Å². The lowest BCUT2D eigenvalue weighted by atomic mass is 9.51. The van der Waals surface area contributed by atoms with Gasteiger partial charge in [0.15, 0.2) is 0 Å². The van der Waals surface area contributed by atoms with Crippen LogP contribution in [-0.2, 0) is 11.2 Å². The van der Waals surface area contributed by atoms with Crippen molar-refractivity contribution in [2.75, 3.05) is 6.61 Å². The Hall–Kier alpha value is -0.570. The van der Waals surface area contributed by atoms with Crippen LogP contribution in [0.5, 0.6) is 0 Å². The molecule has 0 aromatic heterocycles. The van der Waals surface area contributed by atoms with Crippen LogP contribution in [0, 0.1) is 5.41 Å². The minimum atomic E-state index is 0.435. The Morgan fingerprint density at radius 2 is 2.14 bits per heavy atom. The average Bonchev–Trinajstić information content (AvgIpc) is 2.38. The van der Waals surface area contributed by atoms with E-state index in [-0.39, 0.29) is 0 Å². The van der Waals surface area contributed by atoms with Crippen molar-refractivity contribution in [1.29, 1.82) is 0 Å². The monoisotopic (exact) mass is 307 g/mol. The van der Waals surface area contributed by atoms with E-state index in [2.05, 4.69) is 31.3 Å². The molecule has 1 spiro atoms. The van der Waals surface area contributed by atoms with E-state index in [9.17, 15) is 0 Å². The van der Waals surface area contributed by atoms with E-state index >= 15 is 0 Å². The second-order valence-electron chi connectivity index (χ2n) is 6.68. The summed E-state index contributed by atoms with van der Waals surface area (Å²) in [4.78, 5) is 0. The summed E-state index contributed by atoms with van der Waals surface area (Å²) in [5.74, 6) is 0. The van der Waals surface area contributed by atoms with E-state index < -0.39 is 0 Å². The highest BCUT2D eigenvalue weighted by Crippen LogP contribution is 2.57. The molecular formula is C18H26ClNO. The molecule has 3 unspecified atom stereocenters. The highest BCUT2D eigenvalue weighted by atomic mass is 35.5. The lowest BCUT2D eigenvalue weighted by molar-refractivity contribution is -0.174. The predicted molar refractivity (Wildman–Crippen MR) is 87.9 cm³/mol. The van der Waals surface area contributed by atoms with E-state index in [0.717, 1.165) is 18.1 Å². The van der Waals surface area contributed by atoms with Crippen molar-refractivity contribution in [2.24, 2.45) is 5.41 Å². The molecule has 116 valence electrons. The minimum absolute atomic E-state index is 0.435. The molecule has 2 fully saturated rings. The van der Waals surface area contributed by atoms with E-state index in [1.54, 1.807) is 0 Å². The molecule has 2 nitrogen and oxygen atoms in total. The first-order valence-electron chi connectivity index (χ1n) is 8.27. The number of hydrogen-bond acceptors (Lipinski definition) is 2. The lowest BCUT2D eigenvalue weighted by Gasteiger charge is -2.61. The maximum Gasteiger partial charge on any atom is 0.0661 e. The second-order valence-corrected chi connectivity index (χ2v) is 7.09. The smallest absolute Gasteiger partial charge is 0.0661 e. The number of ether oxygens (including phenoxy) is 1. The van der Waals surface area contributed by atoms with E-state index in [4.69, 9.17) is 16.3 Å². The van der Waals surface area contributed by atoms with Crippen LogP contribution in [0.15, 0.2) is 24.3 Å². The molecule has 0 aliphatic heterocycles. The third-order valence-electron chi connectivity index (χ3n) is 5.41. The topological polar surface area (TPSA) is 21.3 Å². The molecule has 2 aliphatic rings. The van der Waals surface area contributed by atoms with Crippen molar-refractivity contribution in [2.45, 2.75) is 64.1 Å². The number of hydrogen-bond donors (Lipinski definition) is 1. The Balaban J connectivity index is 1.56. The molecule has 0 radical (unpaired) electrons. The first-order valence-corrected chi connectivity index (χ1v) is 8.64. The Labute approximate surface area is 133 Å². The zero-order valence-corrected chi connectivity index (χ0v) is 13.8. The van der Waals surface area contributed by atoms with Crippen LogP contribution < -0.4 is 5.32 Å². The summed E-state index contributed by atoms with van der Waals surface area (Å²) in [5.41, 5.74) is 1.67. The van der Waals surface area contributed by atoms with Crippen LogP contribution in [0.25, 0.3) is 0 Å². The molecule has 1 aromatic carbocycles. The van der Waals surface area contributed by atoms with Crippen molar-refractivity contribution in [3.05, 3.63) is 34.9 Å². The quantitative estimate of drug-likeness (QED) is 0.850. The molecular weight excluding hydrogens is 282 g/mol. The molecule has 2 saturated carbocycles. The van der Waals surface area contributed by atoms with Gasteiger partial charge in [-0.05, 0) is 51.2 Å². The van der Waals surface area contributed by atoms with Gasteiger partial charge in [-0.3, -0.25) is 0 Å². The van der Waals surface area contributed by atoms with Gasteiger partial charge < -0.3 is 10.1 Å². The van der Waals surface area contributed by atoms with Gasteiger partial charge in [-0.25, -0.2) is 0 Å². The molecule has 0 saturated heterocycles. The zero-order chi connectivity index (χ0) is 14.9. The van der Waals surface area contributed by atoms with Gasteiger partial charge in [-0.15, -0.1) is 0 Å². The maximum absolute atomic E-state index is 6.26. The summed E-state index contributed by atoms with van der Waals surface area (Å²) in [7, 11) is 0. The van der Waals surface area contributed by atoms with Gasteiger partial charge in [0.1, 0.15) is 0 Å². The fourth-order valence-electron chi connectivity index (χ4n) is 4.07. The van der Waals surface area contributed by atoms with Crippen LogP contribution in [0.4, 0.5) is 0 Å². The van der Waals surface area contributed by atoms with Crippen molar-refractivity contribution in [3.8, 4) is 0 Å². The highest BCUT2D eigenvalue weighted by molar-refractivity contribution is 6.31. The molecule has 3 atom stereocenters. The van der Waals surface area contributed by atoms with Gasteiger partial charge in [0.05, 0.1) is 6.10 Å². The average molecular weight is 308 g/mol. The Morgan fingerprint density at radius 3 is 2.76 bits per heavy atom. The van der Waals surface area contributed by atoms with E-state index in [0.29, 0.717) is 23.6 Å². The third-order valence-corrected chi connectivity index (χ3v) is 5.78. The summed E-state index contributed by atoms with van der Waals surface area (Å²) in [6, 6.07) is 9.24. The Kier molecular flexibility index (Phi) is 4.58. The molecule has 0 amide bonds. The summed E-state index contributed by atoms with van der Waals surface area (Å²) < 4.78 is 5.92. The zero-order valence-electron chi connectivity index (χ0n) is 13.1.